The Kier molecular flexibility index (Phi) is 10.5. The van der Waals surface area contributed by atoms with E-state index < -0.39 is 0 Å². The summed E-state index contributed by atoms with van der Waals surface area (Å²) in [4.78, 5) is 0. The van der Waals surface area contributed by atoms with Crippen molar-refractivity contribution < 1.29 is 9.85 Å². The van der Waals surface area contributed by atoms with E-state index in [0.717, 1.165) is 13.1 Å². The summed E-state index contributed by atoms with van der Waals surface area (Å²) < 4.78 is 0.271. The molecule has 0 aliphatic carbocycles. The van der Waals surface area contributed by atoms with Gasteiger partial charge in [-0.15, -0.1) is 0 Å². The molecule has 1 fully saturated rings. The van der Waals surface area contributed by atoms with Crippen LogP contribution in [0.15, 0.2) is 0 Å². The molecule has 0 bridgehead atoms. The van der Waals surface area contributed by atoms with Gasteiger partial charge in [0.25, 0.3) is 0 Å². The van der Waals surface area contributed by atoms with Gasteiger partial charge in [0.15, 0.2) is 0 Å². The minimum atomic E-state index is 0. The molecule has 1 rings (SSSR count). The first-order valence-electron chi connectivity index (χ1n) is 6.34. The van der Waals surface area contributed by atoms with Crippen LogP contribution in [-0.4, -0.2) is 34.0 Å². The second-order valence-electron chi connectivity index (χ2n) is 6.26. The van der Waals surface area contributed by atoms with E-state index in [0.29, 0.717) is 0 Å². The maximum absolute atomic E-state index is 9.68. The maximum Gasteiger partial charge on any atom is 0.120 e. The summed E-state index contributed by atoms with van der Waals surface area (Å²) in [5.74, 6) is 0. The SMILES string of the molecule is C.CC.CC(C)(C)N.CC(C)(C)[N+]1(O)CCC1. The largest absolute Gasteiger partial charge is 0.326 e. The zero-order valence-electron chi connectivity index (χ0n) is 12.6. The number of nitrogens with two attached hydrogens (primary N) is 1. The van der Waals surface area contributed by atoms with Crippen LogP contribution < -0.4 is 5.73 Å². The molecule has 0 aromatic heterocycles. The standard InChI is InChI=1S/C7H16NO.C4H11N.C2H6.CH4/c1-7(2,3)8(9)5-4-6-8;1-4(2,3)5;1-2;/h9H,4-6H2,1-3H3;5H2,1-3H3;1-2H3;1H4/q+1;;;. The number of quaternary nitrogens is 1. The Bertz CT molecular complexity index is 168. The van der Waals surface area contributed by atoms with Crippen LogP contribution in [0.25, 0.3) is 0 Å². The molecule has 108 valence electrons. The van der Waals surface area contributed by atoms with E-state index in [1.165, 1.54) is 6.42 Å². The number of rotatable bonds is 0. The Morgan fingerprint density at radius 3 is 1.18 bits per heavy atom. The highest BCUT2D eigenvalue weighted by Crippen LogP contribution is 2.28. The molecule has 0 spiro atoms. The van der Waals surface area contributed by atoms with E-state index in [2.05, 4.69) is 20.8 Å². The van der Waals surface area contributed by atoms with Crippen molar-refractivity contribution in [1.82, 2.24) is 0 Å². The van der Waals surface area contributed by atoms with Crippen LogP contribution in [-0.2, 0) is 0 Å². The van der Waals surface area contributed by atoms with Crippen molar-refractivity contribution in [2.75, 3.05) is 13.1 Å². The van der Waals surface area contributed by atoms with E-state index in [9.17, 15) is 5.21 Å². The van der Waals surface area contributed by atoms with Crippen molar-refractivity contribution in [2.24, 2.45) is 5.73 Å². The molecule has 3 N–H and O–H groups in total. The lowest BCUT2D eigenvalue weighted by atomic mass is 10.00. The van der Waals surface area contributed by atoms with Gasteiger partial charge in [0.05, 0.1) is 6.42 Å². The van der Waals surface area contributed by atoms with Gasteiger partial charge in [0.2, 0.25) is 0 Å². The van der Waals surface area contributed by atoms with Crippen molar-refractivity contribution in [1.29, 1.82) is 0 Å². The van der Waals surface area contributed by atoms with Crippen molar-refractivity contribution in [3.63, 3.8) is 0 Å². The predicted molar refractivity (Wildman–Crippen MR) is 78.2 cm³/mol. The Balaban J connectivity index is -0.000000213. The second-order valence-corrected chi connectivity index (χ2v) is 6.26. The van der Waals surface area contributed by atoms with E-state index in [4.69, 9.17) is 5.73 Å². The van der Waals surface area contributed by atoms with Gasteiger partial charge in [-0.2, -0.15) is 4.65 Å². The van der Waals surface area contributed by atoms with Gasteiger partial charge in [0, 0.05) is 5.54 Å². The second kappa shape index (κ2) is 8.06. The van der Waals surface area contributed by atoms with Crippen LogP contribution in [0.5, 0.6) is 0 Å². The maximum atomic E-state index is 9.68. The van der Waals surface area contributed by atoms with Crippen LogP contribution >= 0.6 is 0 Å². The number of nitrogens with zero attached hydrogens (tertiary/aromatic N) is 1. The minimum absolute atomic E-state index is 0. The highest BCUT2D eigenvalue weighted by Gasteiger charge is 2.45. The van der Waals surface area contributed by atoms with Gasteiger partial charge in [-0.25, -0.2) is 5.21 Å². The molecule has 3 nitrogen and oxygen atoms in total. The van der Waals surface area contributed by atoms with Crippen LogP contribution in [0.4, 0.5) is 0 Å². The summed E-state index contributed by atoms with van der Waals surface area (Å²) in [6.07, 6.45) is 1.17. The molecule has 17 heavy (non-hydrogen) atoms. The molecule has 1 aliphatic rings. The van der Waals surface area contributed by atoms with Crippen molar-refractivity contribution >= 4 is 0 Å². The Morgan fingerprint density at radius 1 is 0.941 bits per heavy atom. The van der Waals surface area contributed by atoms with Crippen molar-refractivity contribution in [3.05, 3.63) is 0 Å². The quantitative estimate of drug-likeness (QED) is 0.641. The molecule has 3 heteroatoms. The summed E-state index contributed by atoms with van der Waals surface area (Å²) in [6.45, 7) is 18.0. The first-order chi connectivity index (χ1) is 6.96. The summed E-state index contributed by atoms with van der Waals surface area (Å²) in [6, 6.07) is 0. The van der Waals surface area contributed by atoms with Crippen LogP contribution in [0.1, 0.15) is 69.2 Å². The molecular weight excluding hydrogens is 212 g/mol. The van der Waals surface area contributed by atoms with Gasteiger partial charge in [-0.3, -0.25) is 0 Å². The average Bonchev–Trinajstić information content (AvgIpc) is 1.99. The average molecular weight is 249 g/mol. The number of hydrogen-bond acceptors (Lipinski definition) is 2. The van der Waals surface area contributed by atoms with Gasteiger partial charge in [-0.1, -0.05) is 21.3 Å². The summed E-state index contributed by atoms with van der Waals surface area (Å²) >= 11 is 0. The third-order valence-corrected chi connectivity index (χ3v) is 2.30. The molecule has 0 saturated carbocycles. The Hall–Kier alpha value is -0.120. The van der Waals surface area contributed by atoms with Gasteiger partial charge in [0.1, 0.15) is 18.6 Å². The molecule has 0 aromatic carbocycles. The molecule has 0 amide bonds. The lowest BCUT2D eigenvalue weighted by Gasteiger charge is -2.47. The van der Waals surface area contributed by atoms with Crippen LogP contribution in [0.2, 0.25) is 0 Å². The fraction of sp³-hybridized carbons (Fsp3) is 1.00. The third-order valence-electron chi connectivity index (χ3n) is 2.30. The Morgan fingerprint density at radius 2 is 1.18 bits per heavy atom. The Labute approximate surface area is 110 Å². The fourth-order valence-corrected chi connectivity index (χ4v) is 1.13. The number of hydroxylamine groups is 3. The van der Waals surface area contributed by atoms with E-state index in [1.54, 1.807) is 0 Å². The molecule has 1 heterocycles. The molecular formula is C14H37N2O+. The minimum Gasteiger partial charge on any atom is -0.326 e. The van der Waals surface area contributed by atoms with Gasteiger partial charge >= 0.3 is 0 Å². The molecule has 0 atom stereocenters. The smallest absolute Gasteiger partial charge is 0.120 e. The zero-order chi connectivity index (χ0) is 13.6. The highest BCUT2D eigenvalue weighted by molar-refractivity contribution is 4.64. The van der Waals surface area contributed by atoms with Crippen LogP contribution in [0, 0.1) is 0 Å². The topological polar surface area (TPSA) is 46.2 Å². The van der Waals surface area contributed by atoms with Crippen molar-refractivity contribution in [3.8, 4) is 0 Å². The van der Waals surface area contributed by atoms with E-state index in [-0.39, 0.29) is 23.2 Å². The first kappa shape index (κ1) is 22.1. The fourth-order valence-electron chi connectivity index (χ4n) is 1.13. The molecule has 1 aliphatic heterocycles. The van der Waals surface area contributed by atoms with Gasteiger partial charge in [-0.05, 0) is 41.5 Å². The molecule has 0 unspecified atom stereocenters. The monoisotopic (exact) mass is 249 g/mol. The number of likely N-dealkylation sites (tertiary alicyclic amines) is 1. The van der Waals surface area contributed by atoms with Crippen molar-refractivity contribution in [2.45, 2.75) is 80.3 Å². The lowest BCUT2D eigenvalue weighted by molar-refractivity contribution is -1.16. The van der Waals surface area contributed by atoms with Gasteiger partial charge < -0.3 is 5.73 Å². The van der Waals surface area contributed by atoms with E-state index >= 15 is 0 Å². The highest BCUT2D eigenvalue weighted by atomic mass is 16.6. The van der Waals surface area contributed by atoms with E-state index in [1.807, 2.05) is 34.6 Å². The zero-order valence-corrected chi connectivity index (χ0v) is 12.6. The predicted octanol–water partition coefficient (Wildman–Crippen LogP) is 3.80. The summed E-state index contributed by atoms with van der Waals surface area (Å²) in [5, 5.41) is 9.68. The normalized spacial score (nSPS) is 17.3. The summed E-state index contributed by atoms with van der Waals surface area (Å²) in [5.41, 5.74) is 5.38. The number of hydrogen-bond donors (Lipinski definition) is 2. The summed E-state index contributed by atoms with van der Waals surface area (Å²) in [7, 11) is 0. The first-order valence-corrected chi connectivity index (χ1v) is 6.34. The van der Waals surface area contributed by atoms with Crippen LogP contribution in [0.3, 0.4) is 0 Å². The molecule has 1 saturated heterocycles. The third kappa shape index (κ3) is 10.7. The molecule has 0 radical (unpaired) electrons. The molecule has 0 aromatic rings. The lowest BCUT2D eigenvalue weighted by Crippen LogP contribution is -2.65.